The molecule has 0 saturated carbocycles. The van der Waals surface area contributed by atoms with Crippen LogP contribution in [0.15, 0.2) is 10.0 Å². The summed E-state index contributed by atoms with van der Waals surface area (Å²) in [7, 11) is 0. The second-order valence-corrected chi connectivity index (χ2v) is 4.98. The van der Waals surface area contributed by atoms with E-state index in [1.807, 2.05) is 6.92 Å². The van der Waals surface area contributed by atoms with Crippen molar-refractivity contribution in [1.82, 2.24) is 15.1 Å². The van der Waals surface area contributed by atoms with Crippen LogP contribution in [0.2, 0.25) is 0 Å². The van der Waals surface area contributed by atoms with Crippen molar-refractivity contribution < 1.29 is 9.26 Å². The Bertz CT molecular complexity index is 502. The van der Waals surface area contributed by atoms with Crippen LogP contribution in [-0.4, -0.2) is 27.8 Å². The molecule has 1 aliphatic rings. The first-order valence-electron chi connectivity index (χ1n) is 5.67. The molecule has 90 valence electrons. The van der Waals surface area contributed by atoms with E-state index in [-0.39, 0.29) is 6.10 Å². The van der Waals surface area contributed by atoms with Gasteiger partial charge in [0, 0.05) is 13.0 Å². The highest BCUT2D eigenvalue weighted by atomic mass is 32.1. The summed E-state index contributed by atoms with van der Waals surface area (Å²) in [6, 6.07) is 0. The second kappa shape index (κ2) is 4.54. The van der Waals surface area contributed by atoms with Crippen molar-refractivity contribution in [3.05, 3.63) is 17.0 Å². The van der Waals surface area contributed by atoms with Gasteiger partial charge >= 0.3 is 0 Å². The van der Waals surface area contributed by atoms with Crippen molar-refractivity contribution in [2.75, 3.05) is 6.61 Å². The van der Waals surface area contributed by atoms with Crippen LogP contribution in [0.5, 0.6) is 0 Å². The van der Waals surface area contributed by atoms with Gasteiger partial charge in [0.2, 0.25) is 0 Å². The van der Waals surface area contributed by atoms with Crippen LogP contribution in [0.3, 0.4) is 0 Å². The molecule has 17 heavy (non-hydrogen) atoms. The molecule has 3 heterocycles. The lowest BCUT2D eigenvalue weighted by molar-refractivity contribution is 0.109. The number of aryl methyl sites for hydroxylation is 1. The van der Waals surface area contributed by atoms with Crippen LogP contribution in [0, 0.1) is 6.92 Å². The Hall–Kier alpha value is -1.27. The summed E-state index contributed by atoms with van der Waals surface area (Å²) in [5.74, 6) is 1.29. The fourth-order valence-electron chi connectivity index (χ4n) is 1.95. The summed E-state index contributed by atoms with van der Waals surface area (Å²) in [6.45, 7) is 2.79. The Morgan fingerprint density at radius 3 is 3.18 bits per heavy atom. The summed E-state index contributed by atoms with van der Waals surface area (Å²) in [6.07, 6.45) is 3.21. The first-order chi connectivity index (χ1) is 8.33. The molecule has 1 aliphatic heterocycles. The van der Waals surface area contributed by atoms with Gasteiger partial charge in [-0.05, 0) is 19.8 Å². The summed E-state index contributed by atoms with van der Waals surface area (Å²) < 4.78 is 10.8. The van der Waals surface area contributed by atoms with Gasteiger partial charge in [-0.1, -0.05) is 5.16 Å². The summed E-state index contributed by atoms with van der Waals surface area (Å²) in [5, 5.41) is 3.99. The standard InChI is InChI=1S/C11H13N3O2S/c1-7-10(17-6-12-7)11-13-9(14-16-11)5-8-3-2-4-15-8/h6,8H,2-5H2,1H3/t8-/m1/s1. The topological polar surface area (TPSA) is 61.0 Å². The van der Waals surface area contributed by atoms with E-state index >= 15 is 0 Å². The molecule has 2 aromatic rings. The number of ether oxygens (including phenoxy) is 1. The Morgan fingerprint density at radius 1 is 1.53 bits per heavy atom. The summed E-state index contributed by atoms with van der Waals surface area (Å²) in [4.78, 5) is 9.52. The minimum absolute atomic E-state index is 0.253. The monoisotopic (exact) mass is 251 g/mol. The minimum Gasteiger partial charge on any atom is -0.378 e. The van der Waals surface area contributed by atoms with Crippen molar-refractivity contribution in [2.24, 2.45) is 0 Å². The highest BCUT2D eigenvalue weighted by molar-refractivity contribution is 7.13. The molecule has 2 aromatic heterocycles. The quantitative estimate of drug-likeness (QED) is 0.837. The third kappa shape index (κ3) is 2.23. The molecule has 0 bridgehead atoms. The molecule has 0 amide bonds. The van der Waals surface area contributed by atoms with E-state index in [0.717, 1.165) is 42.3 Å². The van der Waals surface area contributed by atoms with Crippen LogP contribution < -0.4 is 0 Å². The van der Waals surface area contributed by atoms with Gasteiger partial charge < -0.3 is 9.26 Å². The van der Waals surface area contributed by atoms with E-state index in [1.165, 1.54) is 11.3 Å². The lowest BCUT2D eigenvalue weighted by atomic mass is 10.2. The van der Waals surface area contributed by atoms with Crippen LogP contribution in [-0.2, 0) is 11.2 Å². The Morgan fingerprint density at radius 2 is 2.47 bits per heavy atom. The van der Waals surface area contributed by atoms with E-state index in [4.69, 9.17) is 9.26 Å². The normalized spacial score (nSPS) is 19.9. The number of nitrogens with zero attached hydrogens (tertiary/aromatic N) is 3. The Kier molecular flexibility index (Phi) is 2.90. The van der Waals surface area contributed by atoms with Gasteiger partial charge in [0.15, 0.2) is 5.82 Å². The van der Waals surface area contributed by atoms with Crippen molar-refractivity contribution in [3.63, 3.8) is 0 Å². The van der Waals surface area contributed by atoms with Crippen molar-refractivity contribution >= 4 is 11.3 Å². The first-order valence-corrected chi connectivity index (χ1v) is 6.55. The zero-order chi connectivity index (χ0) is 11.7. The van der Waals surface area contributed by atoms with E-state index in [1.54, 1.807) is 5.51 Å². The average Bonchev–Trinajstić information content (AvgIpc) is 3.00. The molecular formula is C11H13N3O2S. The number of rotatable bonds is 3. The third-order valence-corrected chi connectivity index (χ3v) is 3.76. The highest BCUT2D eigenvalue weighted by Gasteiger charge is 2.20. The number of hydrogen-bond donors (Lipinski definition) is 0. The van der Waals surface area contributed by atoms with E-state index in [2.05, 4.69) is 15.1 Å². The van der Waals surface area contributed by atoms with Gasteiger partial charge in [-0.15, -0.1) is 11.3 Å². The third-order valence-electron chi connectivity index (χ3n) is 2.84. The van der Waals surface area contributed by atoms with Crippen molar-refractivity contribution in [3.8, 4) is 10.8 Å². The predicted molar refractivity (Wildman–Crippen MR) is 62.8 cm³/mol. The van der Waals surface area contributed by atoms with Crippen LogP contribution in [0.1, 0.15) is 24.4 Å². The molecule has 0 aliphatic carbocycles. The van der Waals surface area contributed by atoms with Gasteiger partial charge in [0.05, 0.1) is 17.3 Å². The fourth-order valence-corrected chi connectivity index (χ4v) is 2.67. The zero-order valence-corrected chi connectivity index (χ0v) is 10.4. The van der Waals surface area contributed by atoms with Crippen molar-refractivity contribution in [1.29, 1.82) is 0 Å². The SMILES string of the molecule is Cc1ncsc1-c1nc(C[C@H]2CCCO2)no1. The minimum atomic E-state index is 0.253. The smallest absolute Gasteiger partial charge is 0.269 e. The molecule has 5 nitrogen and oxygen atoms in total. The zero-order valence-electron chi connectivity index (χ0n) is 9.55. The van der Waals surface area contributed by atoms with Gasteiger partial charge in [-0.25, -0.2) is 4.98 Å². The maximum Gasteiger partial charge on any atom is 0.269 e. The van der Waals surface area contributed by atoms with Gasteiger partial charge in [0.1, 0.15) is 4.88 Å². The average molecular weight is 251 g/mol. The van der Waals surface area contributed by atoms with E-state index in [0.29, 0.717) is 5.89 Å². The Balaban J connectivity index is 1.76. The van der Waals surface area contributed by atoms with Gasteiger partial charge in [0.25, 0.3) is 5.89 Å². The molecule has 0 radical (unpaired) electrons. The van der Waals surface area contributed by atoms with Crippen LogP contribution >= 0.6 is 11.3 Å². The highest BCUT2D eigenvalue weighted by Crippen LogP contribution is 2.26. The molecule has 0 unspecified atom stereocenters. The molecule has 0 N–H and O–H groups in total. The molecule has 3 rings (SSSR count). The second-order valence-electron chi connectivity index (χ2n) is 4.12. The number of aromatic nitrogens is 3. The maximum absolute atomic E-state index is 5.55. The summed E-state index contributed by atoms with van der Waals surface area (Å²) in [5.41, 5.74) is 2.72. The molecule has 0 spiro atoms. The molecular weight excluding hydrogens is 238 g/mol. The lowest BCUT2D eigenvalue weighted by Crippen LogP contribution is -2.09. The largest absolute Gasteiger partial charge is 0.378 e. The van der Waals surface area contributed by atoms with Gasteiger partial charge in [-0.2, -0.15) is 4.98 Å². The predicted octanol–water partition coefficient (Wildman–Crippen LogP) is 2.22. The Labute approximate surface area is 103 Å². The summed E-state index contributed by atoms with van der Waals surface area (Å²) >= 11 is 1.52. The van der Waals surface area contributed by atoms with Gasteiger partial charge in [-0.3, -0.25) is 0 Å². The number of thiazole rings is 1. The van der Waals surface area contributed by atoms with Crippen molar-refractivity contribution in [2.45, 2.75) is 32.3 Å². The van der Waals surface area contributed by atoms with E-state index in [9.17, 15) is 0 Å². The molecule has 1 atom stereocenters. The molecule has 6 heteroatoms. The molecule has 1 saturated heterocycles. The molecule has 1 fully saturated rings. The van der Waals surface area contributed by atoms with Crippen LogP contribution in [0.25, 0.3) is 10.8 Å². The number of hydrogen-bond acceptors (Lipinski definition) is 6. The first kappa shape index (κ1) is 10.9. The van der Waals surface area contributed by atoms with Crippen LogP contribution in [0.4, 0.5) is 0 Å². The maximum atomic E-state index is 5.55. The van der Waals surface area contributed by atoms with E-state index < -0.39 is 0 Å². The fraction of sp³-hybridized carbons (Fsp3) is 0.545. The molecule has 0 aromatic carbocycles. The lowest BCUT2D eigenvalue weighted by Gasteiger charge is -2.03.